The minimum Gasteiger partial charge on any atom is -0.461 e. The third-order valence-corrected chi connectivity index (χ3v) is 7.56. The maximum absolute atomic E-state index is 12.9. The highest BCUT2D eigenvalue weighted by atomic mass is 16.6. The molecule has 0 aromatic rings. The number of amides is 1. The van der Waals surface area contributed by atoms with Gasteiger partial charge in [-0.15, -0.1) is 0 Å². The van der Waals surface area contributed by atoms with Crippen LogP contribution in [0.4, 0.5) is 0 Å². The van der Waals surface area contributed by atoms with Crippen LogP contribution in [0.2, 0.25) is 0 Å². The van der Waals surface area contributed by atoms with Crippen LogP contribution in [0.5, 0.6) is 0 Å². The van der Waals surface area contributed by atoms with Crippen LogP contribution >= 0.6 is 0 Å². The number of carbonyl (C=O) groups excluding carboxylic acids is 3. The van der Waals surface area contributed by atoms with Crippen molar-refractivity contribution in [2.24, 2.45) is 11.8 Å². The summed E-state index contributed by atoms with van der Waals surface area (Å²) in [5.74, 6) is -0.300. The zero-order valence-corrected chi connectivity index (χ0v) is 24.4. The van der Waals surface area contributed by atoms with Gasteiger partial charge in [-0.25, -0.2) is 4.79 Å². The Bertz CT molecular complexity index is 608. The van der Waals surface area contributed by atoms with Gasteiger partial charge in [0, 0.05) is 6.42 Å². The molecule has 1 N–H and O–H groups in total. The molecular weight excluding hydrogens is 466 g/mol. The minimum absolute atomic E-state index is 0.0741. The molecule has 1 fully saturated rings. The lowest BCUT2D eigenvalue weighted by atomic mass is 9.86. The summed E-state index contributed by atoms with van der Waals surface area (Å²) < 4.78 is 11.4. The van der Waals surface area contributed by atoms with Crippen LogP contribution in [0.1, 0.15) is 150 Å². The third-order valence-electron chi connectivity index (χ3n) is 7.56. The number of hydrogen-bond donors (Lipinski definition) is 1. The van der Waals surface area contributed by atoms with Gasteiger partial charge in [0.2, 0.25) is 6.41 Å². The number of ether oxygens (including phenoxy) is 2. The second-order valence-corrected chi connectivity index (χ2v) is 11.5. The Morgan fingerprint density at radius 3 is 1.95 bits per heavy atom. The van der Waals surface area contributed by atoms with E-state index in [1.165, 1.54) is 70.6 Å². The van der Waals surface area contributed by atoms with Gasteiger partial charge in [0.25, 0.3) is 0 Å². The first-order valence-electron chi connectivity index (χ1n) is 15.5. The molecule has 6 heteroatoms. The quantitative estimate of drug-likeness (QED) is 0.0754. The van der Waals surface area contributed by atoms with Crippen molar-refractivity contribution in [1.29, 1.82) is 0 Å². The topological polar surface area (TPSA) is 81.7 Å². The highest BCUT2D eigenvalue weighted by molar-refractivity contribution is 5.79. The summed E-state index contributed by atoms with van der Waals surface area (Å²) in [6.07, 6.45) is 21.3. The van der Waals surface area contributed by atoms with Gasteiger partial charge in [0.05, 0.1) is 5.92 Å². The molecule has 37 heavy (non-hydrogen) atoms. The first-order valence-corrected chi connectivity index (χ1v) is 15.5. The Kier molecular flexibility index (Phi) is 19.3. The summed E-state index contributed by atoms with van der Waals surface area (Å²) in [5, 5.41) is 2.63. The number of nitrogens with one attached hydrogen (secondary N) is 1. The molecule has 0 aromatic carbocycles. The molecule has 0 unspecified atom stereocenters. The summed E-state index contributed by atoms with van der Waals surface area (Å²) in [5.41, 5.74) is 0. The van der Waals surface area contributed by atoms with E-state index < -0.39 is 6.04 Å². The summed E-state index contributed by atoms with van der Waals surface area (Å²) in [6.45, 7) is 8.47. The van der Waals surface area contributed by atoms with Crippen LogP contribution in [-0.4, -0.2) is 36.6 Å². The molecule has 4 atom stereocenters. The molecule has 0 aromatic heterocycles. The molecule has 0 aliphatic carbocycles. The van der Waals surface area contributed by atoms with E-state index in [1.54, 1.807) is 0 Å². The van der Waals surface area contributed by atoms with Crippen molar-refractivity contribution >= 4 is 18.3 Å². The second-order valence-electron chi connectivity index (χ2n) is 11.5. The number of rotatable bonds is 25. The van der Waals surface area contributed by atoms with Crippen molar-refractivity contribution in [2.75, 3.05) is 0 Å². The molecule has 1 saturated heterocycles. The Labute approximate surface area is 227 Å². The molecule has 1 aliphatic heterocycles. The van der Waals surface area contributed by atoms with E-state index in [2.05, 4.69) is 19.2 Å². The molecular formula is C31H57NO5. The lowest BCUT2D eigenvalue weighted by molar-refractivity contribution is -0.190. The first-order chi connectivity index (χ1) is 17.9. The van der Waals surface area contributed by atoms with Gasteiger partial charge >= 0.3 is 11.9 Å². The second kappa shape index (κ2) is 21.4. The Balaban J connectivity index is 2.52. The SMILES string of the molecule is CCCCCCCCCCCCC[C@@H](C[C@H]1OC(=O)[C@@H]1CCCCCC)OC(=O)[C@H](CC(C)C)NC=O. The number of unbranched alkanes of at least 4 members (excludes halogenated alkanes) is 13. The molecule has 6 nitrogen and oxygen atoms in total. The largest absolute Gasteiger partial charge is 0.461 e. The summed E-state index contributed by atoms with van der Waals surface area (Å²) in [6, 6.07) is -0.633. The molecule has 0 bridgehead atoms. The molecule has 0 spiro atoms. The molecule has 1 heterocycles. The van der Waals surface area contributed by atoms with Gasteiger partial charge < -0.3 is 14.8 Å². The molecule has 1 aliphatic rings. The number of hydrogen-bond acceptors (Lipinski definition) is 5. The van der Waals surface area contributed by atoms with Gasteiger partial charge in [-0.2, -0.15) is 0 Å². The van der Waals surface area contributed by atoms with Crippen molar-refractivity contribution in [3.05, 3.63) is 0 Å². The van der Waals surface area contributed by atoms with Crippen LogP contribution in [0.3, 0.4) is 0 Å². The van der Waals surface area contributed by atoms with Crippen LogP contribution < -0.4 is 5.32 Å². The zero-order chi connectivity index (χ0) is 27.3. The van der Waals surface area contributed by atoms with E-state index in [0.717, 1.165) is 38.5 Å². The van der Waals surface area contributed by atoms with Crippen LogP contribution in [0, 0.1) is 11.8 Å². The fourth-order valence-corrected chi connectivity index (χ4v) is 5.26. The van der Waals surface area contributed by atoms with Gasteiger partial charge in [0.15, 0.2) is 0 Å². The van der Waals surface area contributed by atoms with E-state index in [-0.39, 0.29) is 36.0 Å². The van der Waals surface area contributed by atoms with Gasteiger partial charge in [-0.05, 0) is 31.6 Å². The molecule has 0 saturated carbocycles. The summed E-state index contributed by atoms with van der Waals surface area (Å²) in [7, 11) is 0. The maximum atomic E-state index is 12.9. The van der Waals surface area contributed by atoms with Crippen molar-refractivity contribution in [3.63, 3.8) is 0 Å². The highest BCUT2D eigenvalue weighted by Crippen LogP contribution is 2.32. The van der Waals surface area contributed by atoms with E-state index in [4.69, 9.17) is 9.47 Å². The molecule has 1 amide bonds. The van der Waals surface area contributed by atoms with Gasteiger partial charge in [-0.3, -0.25) is 9.59 Å². The number of esters is 2. The van der Waals surface area contributed by atoms with Crippen LogP contribution in [-0.2, 0) is 23.9 Å². The van der Waals surface area contributed by atoms with Crippen molar-refractivity contribution < 1.29 is 23.9 Å². The highest BCUT2D eigenvalue weighted by Gasteiger charge is 2.43. The van der Waals surface area contributed by atoms with E-state index >= 15 is 0 Å². The first kappa shape index (κ1) is 33.4. The van der Waals surface area contributed by atoms with Crippen molar-refractivity contribution in [2.45, 2.75) is 168 Å². The third kappa shape index (κ3) is 15.4. The Hall–Kier alpha value is -1.59. The van der Waals surface area contributed by atoms with Crippen molar-refractivity contribution in [1.82, 2.24) is 5.32 Å². The average Bonchev–Trinajstić information content (AvgIpc) is 2.86. The van der Waals surface area contributed by atoms with Crippen molar-refractivity contribution in [3.8, 4) is 0 Å². The Morgan fingerprint density at radius 1 is 0.892 bits per heavy atom. The predicted molar refractivity (Wildman–Crippen MR) is 150 cm³/mol. The average molecular weight is 524 g/mol. The number of carbonyl (C=O) groups is 3. The van der Waals surface area contributed by atoms with E-state index in [9.17, 15) is 14.4 Å². The standard InChI is InChI=1S/C31H57NO5/c1-5-7-9-11-12-13-14-15-16-17-18-20-26(36-31(35)28(32-24-33)22-25(3)4)23-29-27(30(34)37-29)21-19-10-8-6-2/h24-29H,5-23H2,1-4H3,(H,32,33)/t26-,27+,28-,29+/m0/s1. The van der Waals surface area contributed by atoms with Crippen LogP contribution in [0.25, 0.3) is 0 Å². The van der Waals surface area contributed by atoms with Crippen LogP contribution in [0.15, 0.2) is 0 Å². The van der Waals surface area contributed by atoms with E-state index in [0.29, 0.717) is 19.3 Å². The lowest BCUT2D eigenvalue weighted by Gasteiger charge is -2.37. The monoisotopic (exact) mass is 523 g/mol. The maximum Gasteiger partial charge on any atom is 0.328 e. The smallest absolute Gasteiger partial charge is 0.328 e. The molecule has 0 radical (unpaired) electrons. The van der Waals surface area contributed by atoms with Gasteiger partial charge in [0.1, 0.15) is 18.2 Å². The van der Waals surface area contributed by atoms with Gasteiger partial charge in [-0.1, -0.05) is 118 Å². The normalized spacial score (nSPS) is 18.7. The lowest BCUT2D eigenvalue weighted by Crippen LogP contribution is -2.48. The molecule has 216 valence electrons. The van der Waals surface area contributed by atoms with E-state index in [1.807, 2.05) is 13.8 Å². The minimum atomic E-state index is -0.633. The Morgan fingerprint density at radius 2 is 1.43 bits per heavy atom. The molecule has 1 rings (SSSR count). The fraction of sp³-hybridized carbons (Fsp3) is 0.903. The summed E-state index contributed by atoms with van der Waals surface area (Å²) in [4.78, 5) is 36.1. The fourth-order valence-electron chi connectivity index (χ4n) is 5.26. The number of cyclic esters (lactones) is 1. The summed E-state index contributed by atoms with van der Waals surface area (Å²) >= 11 is 0. The predicted octanol–water partition coefficient (Wildman–Crippen LogP) is 7.66. The zero-order valence-electron chi connectivity index (χ0n) is 24.4.